The van der Waals surface area contributed by atoms with Gasteiger partial charge < -0.3 is 44.5 Å². The highest BCUT2D eigenvalue weighted by atomic mass is 35.5. The Morgan fingerprint density at radius 3 is 1.78 bits per heavy atom. The second kappa shape index (κ2) is 17.5. The molecule has 14 nitrogen and oxygen atoms in total. The van der Waals surface area contributed by atoms with Gasteiger partial charge >= 0.3 is 11.5 Å². The zero-order valence-electron chi connectivity index (χ0n) is 38.6. The van der Waals surface area contributed by atoms with Crippen molar-refractivity contribution in [2.45, 2.75) is 182 Å². The first-order valence-corrected chi connectivity index (χ1v) is 24.1. The van der Waals surface area contributed by atoms with E-state index in [2.05, 4.69) is 45.1 Å². The van der Waals surface area contributed by atoms with Gasteiger partial charge in [-0.15, -0.1) is 0 Å². The van der Waals surface area contributed by atoms with Gasteiger partial charge in [0.15, 0.2) is 29.3 Å². The van der Waals surface area contributed by atoms with E-state index in [4.69, 9.17) is 42.5 Å². The number of alkyl halides is 1. The van der Waals surface area contributed by atoms with Crippen LogP contribution in [0.3, 0.4) is 0 Å². The fourth-order valence-corrected chi connectivity index (χ4v) is 13.2. The van der Waals surface area contributed by atoms with Gasteiger partial charge in [0, 0.05) is 54.2 Å². The van der Waals surface area contributed by atoms with Gasteiger partial charge in [0.25, 0.3) is 0 Å². The number of ketones is 2. The predicted molar refractivity (Wildman–Crippen MR) is 243 cm³/mol. The largest absolute Gasteiger partial charge is 0.481 e. The molecule has 2 saturated heterocycles. The molecular formula is C49H65Cl2N3O11. The summed E-state index contributed by atoms with van der Waals surface area (Å²) in [5, 5.41) is 35.4. The Kier molecular flexibility index (Phi) is 12.9. The number of aryl methyl sites for hydroxylation is 2. The van der Waals surface area contributed by atoms with Gasteiger partial charge in [-0.1, -0.05) is 48.7 Å². The number of piperidine rings is 2. The molecule has 2 aromatic carbocycles. The summed E-state index contributed by atoms with van der Waals surface area (Å²) in [5.74, 6) is 1.92. The number of amides is 1. The molecular weight excluding hydrogens is 877 g/mol. The van der Waals surface area contributed by atoms with E-state index in [0.717, 1.165) is 71.5 Å². The number of carbonyl (C=O) groups is 4. The van der Waals surface area contributed by atoms with Crippen molar-refractivity contribution in [2.75, 3.05) is 26.8 Å². The standard InChI is InChI=1S/C23H30N2O5.C18H21NO3.C5H10O.C3H4Cl2O2/c1-13-5-6-14-11-16-23(28)8-7-15(26)19-22(23,17(14)18(13)29-19)9-10-25(16)12-24-20(27)30-21(2,3)4;1-10-3-4-11-9-13-18(21)6-5-12(20)16-17(18,7-8-19(13)2)14(11)15(10)22-16;6-5-3-1-2-4-5;1-2(4)7-3(5)6/h5-6,16,19,28H,7-12H2,1-4H3,(H,24,27);3-4,13,16,21H,5-9H2,1-2H3;5-6H,1-4H2;2H,1H3/t16-,19?,22+,23-;13-,16?,17+,18-;;/m11../s1. The monoisotopic (exact) mass is 941 g/mol. The normalized spacial score (nSPS) is 33.8. The van der Waals surface area contributed by atoms with E-state index in [1.807, 2.05) is 40.7 Å². The maximum absolute atomic E-state index is 12.9. The number of aliphatic hydroxyl groups excluding tert-OH is 1. The van der Waals surface area contributed by atoms with Crippen LogP contribution in [0.5, 0.6) is 11.5 Å². The van der Waals surface area contributed by atoms with Crippen molar-refractivity contribution in [3.8, 4) is 11.5 Å². The van der Waals surface area contributed by atoms with Gasteiger partial charge in [-0.3, -0.25) is 14.5 Å². The van der Waals surface area contributed by atoms with Gasteiger partial charge in [0.05, 0.1) is 34.8 Å². The lowest BCUT2D eigenvalue weighted by Gasteiger charge is -2.62. The van der Waals surface area contributed by atoms with Crippen molar-refractivity contribution in [2.24, 2.45) is 0 Å². The minimum Gasteiger partial charge on any atom is -0.481 e. The number of ether oxygens (including phenoxy) is 4. The summed E-state index contributed by atoms with van der Waals surface area (Å²) in [4.78, 5) is 51.8. The Balaban J connectivity index is 0.000000142. The average molecular weight is 943 g/mol. The number of nitrogens with zero attached hydrogens (tertiary/aromatic N) is 2. The molecule has 0 radical (unpaired) electrons. The second-order valence-corrected chi connectivity index (χ2v) is 21.5. The van der Waals surface area contributed by atoms with Gasteiger partial charge in [0.1, 0.15) is 17.1 Å². The van der Waals surface area contributed by atoms with Gasteiger partial charge in [-0.2, -0.15) is 0 Å². The first kappa shape index (κ1) is 48.0. The summed E-state index contributed by atoms with van der Waals surface area (Å²) < 4.78 is 22.0. The number of hydrogen-bond donors (Lipinski definition) is 4. The zero-order chi connectivity index (χ0) is 47.0. The Morgan fingerprint density at radius 2 is 1.34 bits per heavy atom. The molecule has 9 aliphatic rings. The summed E-state index contributed by atoms with van der Waals surface area (Å²) in [5.41, 5.74) is 1.52. The maximum Gasteiger partial charge on any atom is 0.408 e. The van der Waals surface area contributed by atoms with Crippen LogP contribution < -0.4 is 14.8 Å². The third-order valence-electron chi connectivity index (χ3n) is 15.7. The van der Waals surface area contributed by atoms with Crippen LogP contribution in [0.15, 0.2) is 24.3 Å². The molecule has 4 N–H and O–H groups in total. The summed E-state index contributed by atoms with van der Waals surface area (Å²) in [6, 6.07) is 8.30. The fraction of sp³-hybridized carbons (Fsp3) is 0.673. The lowest BCUT2D eigenvalue weighted by Crippen LogP contribution is -2.77. The molecule has 16 heteroatoms. The molecule has 2 aromatic rings. The number of nitrogens with one attached hydrogen (secondary N) is 1. The summed E-state index contributed by atoms with van der Waals surface area (Å²) >= 11 is 9.87. The molecule has 2 spiro atoms. The summed E-state index contributed by atoms with van der Waals surface area (Å²) in [6.45, 7) is 12.9. The van der Waals surface area contributed by atoms with Crippen LogP contribution >= 0.6 is 23.2 Å². The van der Waals surface area contributed by atoms with Crippen LogP contribution in [-0.2, 0) is 42.7 Å². The number of likely N-dealkylation sites (N-methyl/N-ethyl adjacent to an activating group) is 1. The number of benzene rings is 2. The Bertz CT molecular complexity index is 2230. The van der Waals surface area contributed by atoms with Crippen LogP contribution in [0, 0.1) is 13.8 Å². The van der Waals surface area contributed by atoms with E-state index in [1.54, 1.807) is 0 Å². The van der Waals surface area contributed by atoms with Crippen molar-refractivity contribution in [3.05, 3.63) is 57.6 Å². The van der Waals surface area contributed by atoms with E-state index in [-0.39, 0.29) is 29.8 Å². The van der Waals surface area contributed by atoms with E-state index >= 15 is 0 Å². The number of likely N-dealkylation sites (tertiary alicyclic amines) is 2. The molecule has 65 heavy (non-hydrogen) atoms. The molecule has 4 heterocycles. The number of Topliss-reactive ketones (excluding diaryl/α,β-unsaturated/α-hetero) is 2. The molecule has 5 fully saturated rings. The first-order chi connectivity index (χ1) is 30.6. The van der Waals surface area contributed by atoms with Crippen LogP contribution in [0.1, 0.15) is 125 Å². The van der Waals surface area contributed by atoms with Crippen molar-refractivity contribution in [3.63, 3.8) is 0 Å². The SMILES string of the molecule is CC(Cl)OC(=O)Cl.Cc1ccc2c3c1OC1C(=O)CC[C@@]4(O)[C@@H](C2)N(C)CC[C@]314.Cc1ccc2c3c1OC1C(=O)CC[C@@]4(O)[C@@H](C2)N(CNC(=O)OC(C)(C)C)CC[C@]314.OC1CCCC1. The molecule has 5 aliphatic carbocycles. The zero-order valence-corrected chi connectivity index (χ0v) is 40.1. The van der Waals surface area contributed by atoms with Gasteiger partial charge in [-0.05, 0) is 129 Å². The molecule has 356 valence electrons. The minimum atomic E-state index is -1.06. The second-order valence-electron chi connectivity index (χ2n) is 20.6. The number of carbonyl (C=O) groups excluding carboxylic acids is 4. The highest BCUT2D eigenvalue weighted by Gasteiger charge is 2.74. The highest BCUT2D eigenvalue weighted by Crippen LogP contribution is 2.65. The summed E-state index contributed by atoms with van der Waals surface area (Å²) in [7, 11) is 2.09. The minimum absolute atomic E-state index is 0.0463. The fourth-order valence-electron chi connectivity index (χ4n) is 12.9. The predicted octanol–water partition coefficient (Wildman–Crippen LogP) is 6.42. The molecule has 4 bridgehead atoms. The molecule has 11 rings (SSSR count). The molecule has 0 aromatic heterocycles. The smallest absolute Gasteiger partial charge is 0.408 e. The number of aliphatic hydroxyl groups is 3. The van der Waals surface area contributed by atoms with E-state index in [0.29, 0.717) is 51.7 Å². The van der Waals surface area contributed by atoms with E-state index in [1.165, 1.54) is 25.3 Å². The van der Waals surface area contributed by atoms with Crippen LogP contribution in [0.25, 0.3) is 0 Å². The number of halogens is 2. The maximum atomic E-state index is 12.9. The highest BCUT2D eigenvalue weighted by molar-refractivity contribution is 6.61. The van der Waals surface area contributed by atoms with Gasteiger partial charge in [-0.25, -0.2) is 9.59 Å². The number of hydrogen-bond acceptors (Lipinski definition) is 13. The third kappa shape index (κ3) is 7.94. The van der Waals surface area contributed by atoms with Gasteiger partial charge in [0.2, 0.25) is 0 Å². The number of rotatable bonds is 3. The van der Waals surface area contributed by atoms with Crippen molar-refractivity contribution in [1.82, 2.24) is 15.1 Å². The Labute approximate surface area is 391 Å². The van der Waals surface area contributed by atoms with Crippen molar-refractivity contribution in [1.29, 1.82) is 0 Å². The Morgan fingerprint density at radius 1 is 0.846 bits per heavy atom. The van der Waals surface area contributed by atoms with Crippen LogP contribution in [0.4, 0.5) is 9.59 Å². The van der Waals surface area contributed by atoms with Crippen LogP contribution in [-0.4, -0.2) is 128 Å². The third-order valence-corrected chi connectivity index (χ3v) is 15.9. The molecule has 3 unspecified atom stereocenters. The Hall–Kier alpha value is -3.50. The molecule has 3 saturated carbocycles. The first-order valence-electron chi connectivity index (χ1n) is 23.3. The van der Waals surface area contributed by atoms with Crippen LogP contribution in [0.2, 0.25) is 0 Å². The van der Waals surface area contributed by atoms with Crippen molar-refractivity contribution >= 4 is 46.3 Å². The molecule has 4 aliphatic heterocycles. The number of alkyl carbamates (subject to hydrolysis) is 1. The quantitative estimate of drug-likeness (QED) is 0.196. The lowest BCUT2D eigenvalue weighted by molar-refractivity contribution is -0.189. The topological polar surface area (TPSA) is 184 Å². The van der Waals surface area contributed by atoms with Crippen molar-refractivity contribution < 1.29 is 53.4 Å². The molecule has 1 amide bonds. The van der Waals surface area contributed by atoms with E-state index < -0.39 is 56.9 Å². The lowest BCUT2D eigenvalue weighted by atomic mass is 9.49. The average Bonchev–Trinajstić information content (AvgIpc) is 3.95. The summed E-state index contributed by atoms with van der Waals surface area (Å²) in [6.07, 6.45) is 7.70. The van der Waals surface area contributed by atoms with E-state index in [9.17, 15) is 29.4 Å². The molecule has 9 atom stereocenters.